The number of benzene rings is 1. The van der Waals surface area contributed by atoms with E-state index in [0.29, 0.717) is 40.3 Å². The largest absolute Gasteiger partial charge is 1.00 e. The van der Waals surface area contributed by atoms with E-state index in [1.54, 1.807) is 56.4 Å². The number of carbonyl (C=O) groups is 1. The van der Waals surface area contributed by atoms with Gasteiger partial charge in [-0.3, -0.25) is 14.9 Å². The van der Waals surface area contributed by atoms with Crippen LogP contribution in [-0.2, 0) is 4.74 Å². The number of rotatable bonds is 3. The Morgan fingerprint density at radius 2 is 1.92 bits per heavy atom. The summed E-state index contributed by atoms with van der Waals surface area (Å²) < 4.78 is 26.5. The molecule has 0 spiro atoms. The first kappa shape index (κ1) is 27.6. The number of nitrogens with zero attached hydrogens (tertiary/aromatic N) is 6. The number of fused-ring (bicyclic) bond motifs is 2. The average Bonchev–Trinajstić information content (AvgIpc) is 2.87. The van der Waals surface area contributed by atoms with Crippen LogP contribution in [0.1, 0.15) is 20.8 Å². The Hall–Kier alpha value is -3.45. The third-order valence-electron chi connectivity index (χ3n) is 5.67. The van der Waals surface area contributed by atoms with Crippen molar-refractivity contribution in [1.29, 1.82) is 0 Å². The van der Waals surface area contributed by atoms with Crippen LogP contribution >= 0.6 is 11.6 Å². The smallest absolute Gasteiger partial charge is 0.638 e. The van der Waals surface area contributed by atoms with Gasteiger partial charge >= 0.3 is 25.0 Å². The van der Waals surface area contributed by atoms with Gasteiger partial charge in [0.1, 0.15) is 22.6 Å². The van der Waals surface area contributed by atoms with E-state index in [2.05, 4.69) is 27.0 Å². The van der Waals surface area contributed by atoms with Gasteiger partial charge in [-0.25, -0.2) is 9.18 Å². The van der Waals surface area contributed by atoms with Gasteiger partial charge in [0.2, 0.25) is 0 Å². The molecule has 0 saturated carbocycles. The summed E-state index contributed by atoms with van der Waals surface area (Å²) in [5.74, 6) is -0.319. The molecule has 0 N–H and O–H groups in total. The molecule has 0 atom stereocenters. The predicted octanol–water partition coefficient (Wildman–Crippen LogP) is 2.74. The maximum absolute atomic E-state index is 16.0. The summed E-state index contributed by atoms with van der Waals surface area (Å²) in [4.78, 5) is 32.9. The summed E-state index contributed by atoms with van der Waals surface area (Å²) in [5, 5.41) is 2.20. The maximum atomic E-state index is 16.0. The van der Waals surface area contributed by atoms with Crippen molar-refractivity contribution in [1.82, 2.24) is 24.8 Å². The fraction of sp³-hybridized carbons (Fsp3) is 0.231. The SMILES string of the molecule is [CH2-]Oc1nc(N2C=CN(C(=O)OC(C)(C)C)CC2)c2cnc(-c3cncc4cccc(Cl)c34)c(F)c2n1.[Li+]. The molecule has 12 heteroatoms. The fourth-order valence-electron chi connectivity index (χ4n) is 4.04. The van der Waals surface area contributed by atoms with Crippen LogP contribution in [0.15, 0.2) is 49.2 Å². The first-order valence-electron chi connectivity index (χ1n) is 11.4. The zero-order valence-corrected chi connectivity index (χ0v) is 22.2. The number of halogens is 2. The van der Waals surface area contributed by atoms with E-state index < -0.39 is 17.5 Å². The van der Waals surface area contributed by atoms with Crippen molar-refractivity contribution in [2.45, 2.75) is 26.4 Å². The van der Waals surface area contributed by atoms with Crippen LogP contribution in [0.2, 0.25) is 5.02 Å². The molecule has 0 unspecified atom stereocenters. The summed E-state index contributed by atoms with van der Waals surface area (Å²) in [5.41, 5.74) is -0.134. The fourth-order valence-corrected chi connectivity index (χ4v) is 4.32. The van der Waals surface area contributed by atoms with Crippen molar-refractivity contribution in [3.63, 3.8) is 0 Å². The molecule has 38 heavy (non-hydrogen) atoms. The number of hydrogen-bond donors (Lipinski definition) is 0. The second-order valence-corrected chi connectivity index (χ2v) is 9.75. The van der Waals surface area contributed by atoms with E-state index >= 15 is 4.39 Å². The monoisotopic (exact) mass is 528 g/mol. The Balaban J connectivity index is 0.00000336. The molecule has 9 nitrogen and oxygen atoms in total. The quantitative estimate of drug-likeness (QED) is 0.296. The Labute approximate surface area is 235 Å². The second-order valence-electron chi connectivity index (χ2n) is 9.35. The van der Waals surface area contributed by atoms with Crippen LogP contribution in [0.25, 0.3) is 32.9 Å². The summed E-state index contributed by atoms with van der Waals surface area (Å²) in [6.07, 6.45) is 7.45. The number of amides is 1. The molecular weight excluding hydrogens is 506 g/mol. The van der Waals surface area contributed by atoms with Gasteiger partial charge in [-0.05, 0) is 26.8 Å². The molecule has 1 aromatic carbocycles. The second kappa shape index (κ2) is 10.7. The number of hydrogen-bond acceptors (Lipinski definition) is 8. The molecule has 0 radical (unpaired) electrons. The predicted molar refractivity (Wildman–Crippen MR) is 138 cm³/mol. The van der Waals surface area contributed by atoms with Crippen molar-refractivity contribution < 1.29 is 37.5 Å². The third-order valence-corrected chi connectivity index (χ3v) is 5.98. The van der Waals surface area contributed by atoms with Gasteiger partial charge in [-0.1, -0.05) is 23.7 Å². The first-order valence-corrected chi connectivity index (χ1v) is 11.8. The Morgan fingerprint density at radius 1 is 1.13 bits per heavy atom. The molecule has 0 fully saturated rings. The number of anilines is 1. The van der Waals surface area contributed by atoms with Gasteiger partial charge in [0.05, 0.1) is 5.39 Å². The summed E-state index contributed by atoms with van der Waals surface area (Å²) in [6.45, 7) is 6.10. The molecule has 0 bridgehead atoms. The Kier molecular flexibility index (Phi) is 7.79. The van der Waals surface area contributed by atoms with Crippen LogP contribution in [0, 0.1) is 12.9 Å². The number of ether oxygens (including phenoxy) is 2. The van der Waals surface area contributed by atoms with E-state index in [1.807, 2.05) is 6.07 Å². The zero-order chi connectivity index (χ0) is 26.3. The molecule has 5 rings (SSSR count). The molecule has 4 aromatic rings. The standard InChI is InChI=1S/C26H23ClFN6O3.Li/c1-26(2,3)37-25(35)34-10-8-33(9-11-34)23-17-14-30-21(20(28)22(17)31-24(32-23)36-4)16-13-29-12-15-6-5-7-18(27)19(15)16;/h5-8,10,12-14H,4,9,11H2,1-3H3;/q-1;+1. The van der Waals surface area contributed by atoms with Crippen LogP contribution < -0.4 is 28.5 Å². The van der Waals surface area contributed by atoms with Crippen LogP contribution in [0.4, 0.5) is 15.0 Å². The first-order chi connectivity index (χ1) is 17.7. The van der Waals surface area contributed by atoms with Gasteiger partial charge in [0.15, 0.2) is 5.82 Å². The Bertz CT molecular complexity index is 1560. The van der Waals surface area contributed by atoms with Crippen LogP contribution in [-0.4, -0.2) is 49.6 Å². The average molecular weight is 529 g/mol. The molecule has 190 valence electrons. The number of aromatic nitrogens is 4. The van der Waals surface area contributed by atoms with Gasteiger partial charge in [0.25, 0.3) is 6.01 Å². The van der Waals surface area contributed by atoms with E-state index in [1.165, 1.54) is 17.3 Å². The summed E-state index contributed by atoms with van der Waals surface area (Å²) >= 11 is 6.44. The van der Waals surface area contributed by atoms with Crippen molar-refractivity contribution >= 4 is 45.2 Å². The van der Waals surface area contributed by atoms with E-state index in [0.717, 1.165) is 5.39 Å². The summed E-state index contributed by atoms with van der Waals surface area (Å²) in [7, 11) is 3.38. The van der Waals surface area contributed by atoms with Crippen LogP contribution in [0.3, 0.4) is 0 Å². The molecule has 1 aliphatic rings. The molecular formula is C26H23ClFLiN6O3. The van der Waals surface area contributed by atoms with Gasteiger partial charge < -0.3 is 14.4 Å². The normalized spacial score (nSPS) is 13.5. The number of carbonyl (C=O) groups excluding carboxylic acids is 1. The number of pyridine rings is 2. The van der Waals surface area contributed by atoms with Gasteiger partial charge in [-0.15, -0.1) is 0 Å². The third kappa shape index (κ3) is 5.25. The minimum absolute atomic E-state index is 0. The topological polar surface area (TPSA) is 93.6 Å². The van der Waals surface area contributed by atoms with E-state index in [9.17, 15) is 4.79 Å². The minimum Gasteiger partial charge on any atom is -0.638 e. The van der Waals surface area contributed by atoms with E-state index in [4.69, 9.17) is 21.1 Å². The van der Waals surface area contributed by atoms with Crippen molar-refractivity contribution in [3.8, 4) is 17.3 Å². The van der Waals surface area contributed by atoms with Gasteiger partial charge in [-0.2, -0.15) is 17.1 Å². The van der Waals surface area contributed by atoms with Gasteiger partial charge in [0, 0.05) is 65.4 Å². The molecule has 0 saturated heterocycles. The van der Waals surface area contributed by atoms with Crippen molar-refractivity contribution in [3.05, 3.63) is 67.1 Å². The zero-order valence-electron chi connectivity index (χ0n) is 21.4. The molecule has 4 heterocycles. The minimum atomic E-state index is -0.676. The van der Waals surface area contributed by atoms with Crippen molar-refractivity contribution in [2.24, 2.45) is 0 Å². The van der Waals surface area contributed by atoms with E-state index in [-0.39, 0.29) is 36.1 Å². The Morgan fingerprint density at radius 3 is 2.61 bits per heavy atom. The van der Waals surface area contributed by atoms with Crippen molar-refractivity contribution in [2.75, 3.05) is 18.0 Å². The van der Waals surface area contributed by atoms with Crippen LogP contribution in [0.5, 0.6) is 6.01 Å². The maximum Gasteiger partial charge on any atom is 1.00 e. The molecule has 1 amide bonds. The molecule has 1 aliphatic heterocycles. The summed E-state index contributed by atoms with van der Waals surface area (Å²) in [6, 6.07) is 5.25. The molecule has 3 aromatic heterocycles. The molecule has 0 aliphatic carbocycles.